The number of rotatable bonds is 5. The van der Waals surface area contributed by atoms with Crippen LogP contribution >= 0.6 is 22.6 Å². The largest absolute Gasteiger partial charge is 0.376 e. The van der Waals surface area contributed by atoms with Crippen LogP contribution in [0.15, 0.2) is 53.6 Å². The SMILES string of the molecule is O=C(CNc1ccc(I)cc1)NN=Cc1ccc(F)cc1. The molecule has 2 aromatic rings. The van der Waals surface area contributed by atoms with Crippen LogP contribution in [0.4, 0.5) is 10.1 Å². The van der Waals surface area contributed by atoms with Gasteiger partial charge in [-0.25, -0.2) is 9.82 Å². The number of hydrazone groups is 1. The molecule has 2 aromatic carbocycles. The molecule has 21 heavy (non-hydrogen) atoms. The zero-order valence-electron chi connectivity index (χ0n) is 11.0. The van der Waals surface area contributed by atoms with Gasteiger partial charge in [0.2, 0.25) is 0 Å². The topological polar surface area (TPSA) is 53.5 Å². The minimum Gasteiger partial charge on any atom is -0.376 e. The summed E-state index contributed by atoms with van der Waals surface area (Å²) < 4.78 is 13.8. The monoisotopic (exact) mass is 397 g/mol. The number of halogens is 2. The number of amides is 1. The van der Waals surface area contributed by atoms with Gasteiger partial charge in [0.15, 0.2) is 0 Å². The molecule has 108 valence electrons. The van der Waals surface area contributed by atoms with E-state index in [-0.39, 0.29) is 18.3 Å². The standard InChI is InChI=1S/C15H13FIN3O/c16-12-3-1-11(2-4-12)9-19-20-15(21)10-18-14-7-5-13(17)6-8-14/h1-9,18H,10H2,(H,20,21). The Kier molecular flexibility index (Phi) is 5.68. The van der Waals surface area contributed by atoms with Crippen LogP contribution in [0.5, 0.6) is 0 Å². The van der Waals surface area contributed by atoms with E-state index in [4.69, 9.17) is 0 Å². The van der Waals surface area contributed by atoms with E-state index in [1.54, 1.807) is 12.1 Å². The zero-order valence-corrected chi connectivity index (χ0v) is 13.2. The Labute approximate surface area is 135 Å². The van der Waals surface area contributed by atoms with E-state index in [1.165, 1.54) is 18.3 Å². The van der Waals surface area contributed by atoms with Crippen LogP contribution in [-0.2, 0) is 4.79 Å². The Morgan fingerprint density at radius 2 is 1.81 bits per heavy atom. The van der Waals surface area contributed by atoms with Crippen molar-refractivity contribution in [3.8, 4) is 0 Å². The number of hydrogen-bond acceptors (Lipinski definition) is 3. The molecule has 0 saturated heterocycles. The first-order valence-electron chi connectivity index (χ1n) is 6.20. The van der Waals surface area contributed by atoms with E-state index < -0.39 is 0 Å². The number of nitrogens with zero attached hydrogens (tertiary/aromatic N) is 1. The Morgan fingerprint density at radius 3 is 2.48 bits per heavy atom. The van der Waals surface area contributed by atoms with Crippen LogP contribution < -0.4 is 10.7 Å². The van der Waals surface area contributed by atoms with Gasteiger partial charge in [-0.15, -0.1) is 0 Å². The second kappa shape index (κ2) is 7.72. The Bertz CT molecular complexity index is 626. The molecule has 0 fully saturated rings. The predicted octanol–water partition coefficient (Wildman–Crippen LogP) is 2.99. The number of hydrogen-bond donors (Lipinski definition) is 2. The smallest absolute Gasteiger partial charge is 0.259 e. The van der Waals surface area contributed by atoms with Gasteiger partial charge in [0.25, 0.3) is 5.91 Å². The molecule has 0 aliphatic heterocycles. The van der Waals surface area contributed by atoms with Gasteiger partial charge in [0.05, 0.1) is 12.8 Å². The zero-order chi connectivity index (χ0) is 15.1. The lowest BCUT2D eigenvalue weighted by atomic mass is 10.2. The van der Waals surface area contributed by atoms with Gasteiger partial charge < -0.3 is 5.32 Å². The van der Waals surface area contributed by atoms with E-state index in [1.807, 2.05) is 24.3 Å². The van der Waals surface area contributed by atoms with Crippen LogP contribution in [0, 0.1) is 9.39 Å². The van der Waals surface area contributed by atoms with Gasteiger partial charge >= 0.3 is 0 Å². The lowest BCUT2D eigenvalue weighted by molar-refractivity contribution is -0.119. The van der Waals surface area contributed by atoms with Gasteiger partial charge in [0.1, 0.15) is 5.82 Å². The summed E-state index contributed by atoms with van der Waals surface area (Å²) in [5.74, 6) is -0.565. The third-order valence-electron chi connectivity index (χ3n) is 2.57. The quantitative estimate of drug-likeness (QED) is 0.463. The minimum absolute atomic E-state index is 0.126. The molecule has 2 rings (SSSR count). The highest BCUT2D eigenvalue weighted by Crippen LogP contribution is 2.10. The summed E-state index contributed by atoms with van der Waals surface area (Å²) in [4.78, 5) is 11.6. The molecule has 0 saturated carbocycles. The molecule has 4 nitrogen and oxygen atoms in total. The van der Waals surface area contributed by atoms with Gasteiger partial charge in [-0.2, -0.15) is 5.10 Å². The highest BCUT2D eigenvalue weighted by Gasteiger charge is 1.99. The molecule has 0 spiro atoms. The number of anilines is 1. The molecule has 6 heteroatoms. The third kappa shape index (κ3) is 5.50. The van der Waals surface area contributed by atoms with Crippen molar-refractivity contribution in [1.82, 2.24) is 5.43 Å². The van der Waals surface area contributed by atoms with Crippen molar-refractivity contribution in [2.75, 3.05) is 11.9 Å². The van der Waals surface area contributed by atoms with Gasteiger partial charge in [-0.3, -0.25) is 4.79 Å². The lowest BCUT2D eigenvalue weighted by Gasteiger charge is -2.05. The molecule has 0 aliphatic rings. The Balaban J connectivity index is 1.77. The van der Waals surface area contributed by atoms with Gasteiger partial charge in [-0.05, 0) is 64.6 Å². The van der Waals surface area contributed by atoms with Crippen molar-refractivity contribution in [3.05, 3.63) is 63.5 Å². The summed E-state index contributed by atoms with van der Waals surface area (Å²) in [7, 11) is 0. The maximum Gasteiger partial charge on any atom is 0.259 e. The molecule has 0 aromatic heterocycles. The van der Waals surface area contributed by atoms with Crippen molar-refractivity contribution in [2.24, 2.45) is 5.10 Å². The predicted molar refractivity (Wildman–Crippen MR) is 89.8 cm³/mol. The average Bonchev–Trinajstić information content (AvgIpc) is 2.49. The summed E-state index contributed by atoms with van der Waals surface area (Å²) in [5.41, 5.74) is 3.98. The fraction of sp³-hybridized carbons (Fsp3) is 0.0667. The van der Waals surface area contributed by atoms with E-state index in [0.717, 1.165) is 9.26 Å². The number of carbonyl (C=O) groups is 1. The number of benzene rings is 2. The van der Waals surface area contributed by atoms with E-state index in [2.05, 4.69) is 38.4 Å². The summed E-state index contributed by atoms with van der Waals surface area (Å²) in [6, 6.07) is 13.5. The Hall–Kier alpha value is -1.96. The molecule has 1 amide bonds. The van der Waals surface area contributed by atoms with Crippen LogP contribution in [-0.4, -0.2) is 18.7 Å². The lowest BCUT2D eigenvalue weighted by Crippen LogP contribution is -2.25. The van der Waals surface area contributed by atoms with Gasteiger partial charge in [-0.1, -0.05) is 12.1 Å². The van der Waals surface area contributed by atoms with Crippen LogP contribution in [0.1, 0.15) is 5.56 Å². The second-order valence-corrected chi connectivity index (χ2v) is 5.45. The first-order chi connectivity index (χ1) is 10.1. The Morgan fingerprint density at radius 1 is 1.14 bits per heavy atom. The fourth-order valence-corrected chi connectivity index (χ4v) is 1.88. The maximum atomic E-state index is 12.7. The molecule has 2 N–H and O–H groups in total. The first kappa shape index (κ1) is 15.4. The molecule has 0 unspecified atom stereocenters. The van der Waals surface area contributed by atoms with Gasteiger partial charge in [0, 0.05) is 9.26 Å². The average molecular weight is 397 g/mol. The van der Waals surface area contributed by atoms with E-state index in [0.29, 0.717) is 5.56 Å². The molecular formula is C15H13FIN3O. The maximum absolute atomic E-state index is 12.7. The second-order valence-electron chi connectivity index (χ2n) is 4.21. The normalized spacial score (nSPS) is 10.6. The highest BCUT2D eigenvalue weighted by molar-refractivity contribution is 14.1. The van der Waals surface area contributed by atoms with Crippen molar-refractivity contribution >= 4 is 40.4 Å². The van der Waals surface area contributed by atoms with Crippen molar-refractivity contribution in [1.29, 1.82) is 0 Å². The van der Waals surface area contributed by atoms with Crippen LogP contribution in [0.3, 0.4) is 0 Å². The first-order valence-corrected chi connectivity index (χ1v) is 7.28. The summed E-state index contributed by atoms with van der Waals surface area (Å²) in [5, 5.41) is 6.80. The van der Waals surface area contributed by atoms with Crippen LogP contribution in [0.2, 0.25) is 0 Å². The summed E-state index contributed by atoms with van der Waals surface area (Å²) in [6.45, 7) is 0.126. The van der Waals surface area contributed by atoms with Crippen molar-refractivity contribution in [2.45, 2.75) is 0 Å². The van der Waals surface area contributed by atoms with E-state index >= 15 is 0 Å². The summed E-state index contributed by atoms with van der Waals surface area (Å²) >= 11 is 2.21. The van der Waals surface area contributed by atoms with Crippen molar-refractivity contribution < 1.29 is 9.18 Å². The van der Waals surface area contributed by atoms with E-state index in [9.17, 15) is 9.18 Å². The molecule has 0 radical (unpaired) electrons. The number of carbonyl (C=O) groups excluding carboxylic acids is 1. The molecule has 0 bridgehead atoms. The molecule has 0 atom stereocenters. The van der Waals surface area contributed by atoms with Crippen molar-refractivity contribution in [3.63, 3.8) is 0 Å². The summed E-state index contributed by atoms with van der Waals surface area (Å²) in [6.07, 6.45) is 1.46. The minimum atomic E-state index is -0.307. The molecular weight excluding hydrogens is 384 g/mol. The molecule has 0 heterocycles. The highest BCUT2D eigenvalue weighted by atomic mass is 127. The fourth-order valence-electron chi connectivity index (χ4n) is 1.52. The molecule has 0 aliphatic carbocycles. The third-order valence-corrected chi connectivity index (χ3v) is 3.29. The number of nitrogens with one attached hydrogen (secondary N) is 2. The van der Waals surface area contributed by atoms with Crippen LogP contribution in [0.25, 0.3) is 0 Å².